The molecule has 0 heterocycles. The zero-order valence-corrected chi connectivity index (χ0v) is 23.2. The summed E-state index contributed by atoms with van der Waals surface area (Å²) < 4.78 is 54.7. The van der Waals surface area contributed by atoms with Gasteiger partial charge in [-0.15, -0.1) is 5.10 Å². The fourth-order valence-electron chi connectivity index (χ4n) is 2.09. The van der Waals surface area contributed by atoms with Gasteiger partial charge in [0.05, 0.1) is 5.56 Å². The Bertz CT molecular complexity index is 930. The topological polar surface area (TPSA) is 68.1 Å². The highest BCUT2D eigenvalue weighted by Gasteiger charge is 2.30. The van der Waals surface area contributed by atoms with E-state index in [-0.39, 0.29) is 16.8 Å². The van der Waals surface area contributed by atoms with Gasteiger partial charge in [0, 0.05) is 17.7 Å². The highest BCUT2D eigenvalue weighted by atomic mass is 35.5. The lowest BCUT2D eigenvalue weighted by molar-refractivity contribution is -0.137. The quantitative estimate of drug-likeness (QED) is 0.166. The summed E-state index contributed by atoms with van der Waals surface area (Å²) in [6, 6.07) is 9.22. The maximum atomic E-state index is 12.6. The standard InChI is InChI=1S/C12H15FN2O.C10H10ClF3.C3H8.2CH2O/c1-4-9(2)14-15-10(3)16-12-7-5-11(13)6-8-12;1-6(2)8-4-3-7(5-9(8)11)10(12,13)14;1-3-2;2*1-2/h5-8H,4H2,1-3H3;3-6H,1-2H3;3H2,1-2H3;2*1H2/b14-9+,15-10+;;;;. The van der Waals surface area contributed by atoms with E-state index < -0.39 is 11.7 Å². The van der Waals surface area contributed by atoms with E-state index in [4.69, 9.17) is 25.9 Å². The van der Waals surface area contributed by atoms with Crippen molar-refractivity contribution in [2.24, 2.45) is 10.2 Å². The summed E-state index contributed by atoms with van der Waals surface area (Å²) in [5, 5.41) is 8.04. The predicted molar refractivity (Wildman–Crippen MR) is 144 cm³/mol. The van der Waals surface area contributed by atoms with Crippen LogP contribution >= 0.6 is 11.6 Å². The molecular weight excluding hydrogens is 512 g/mol. The van der Waals surface area contributed by atoms with Crippen LogP contribution in [0.1, 0.15) is 78.4 Å². The summed E-state index contributed by atoms with van der Waals surface area (Å²) in [6.07, 6.45) is -2.22. The second-order valence-corrected chi connectivity index (χ2v) is 7.87. The van der Waals surface area contributed by atoms with E-state index in [1.165, 1.54) is 24.6 Å². The second-order valence-electron chi connectivity index (χ2n) is 7.46. The molecule has 0 fully saturated rings. The van der Waals surface area contributed by atoms with Crippen LogP contribution in [0.15, 0.2) is 52.7 Å². The minimum atomic E-state index is -4.32. The van der Waals surface area contributed by atoms with Gasteiger partial charge in [-0.25, -0.2) is 4.39 Å². The minimum Gasteiger partial charge on any atom is -0.442 e. The normalized spacial score (nSPS) is 10.8. The van der Waals surface area contributed by atoms with Crippen molar-refractivity contribution in [2.45, 2.75) is 73.4 Å². The van der Waals surface area contributed by atoms with Crippen LogP contribution in [0.3, 0.4) is 0 Å². The predicted octanol–water partition coefficient (Wildman–Crippen LogP) is 8.94. The molecule has 10 heteroatoms. The summed E-state index contributed by atoms with van der Waals surface area (Å²) in [7, 11) is 0. The van der Waals surface area contributed by atoms with Gasteiger partial charge in [-0.2, -0.15) is 18.3 Å². The monoisotopic (exact) mass is 548 g/mol. The number of ether oxygens (including phenoxy) is 1. The van der Waals surface area contributed by atoms with Crippen molar-refractivity contribution < 1.29 is 31.9 Å². The van der Waals surface area contributed by atoms with Crippen molar-refractivity contribution in [1.82, 2.24) is 0 Å². The molecule has 0 N–H and O–H groups in total. The maximum Gasteiger partial charge on any atom is 0.416 e. The van der Waals surface area contributed by atoms with Gasteiger partial charge < -0.3 is 14.3 Å². The van der Waals surface area contributed by atoms with Crippen LogP contribution in [-0.2, 0) is 15.8 Å². The highest BCUT2D eigenvalue weighted by Crippen LogP contribution is 2.33. The molecule has 0 aliphatic carbocycles. The summed E-state index contributed by atoms with van der Waals surface area (Å²) in [6.45, 7) is 17.6. The van der Waals surface area contributed by atoms with Gasteiger partial charge in [-0.05, 0) is 61.2 Å². The van der Waals surface area contributed by atoms with Crippen molar-refractivity contribution in [1.29, 1.82) is 0 Å². The Morgan fingerprint density at radius 2 is 1.43 bits per heavy atom. The van der Waals surface area contributed by atoms with Crippen LogP contribution in [-0.4, -0.2) is 25.2 Å². The third-order valence-corrected chi connectivity index (χ3v) is 4.23. The number of nitrogens with zero attached hydrogens (tertiary/aromatic N) is 2. The van der Waals surface area contributed by atoms with Crippen LogP contribution in [0.25, 0.3) is 0 Å². The molecule has 0 aromatic heterocycles. The molecule has 0 aliphatic heterocycles. The smallest absolute Gasteiger partial charge is 0.416 e. The van der Waals surface area contributed by atoms with Gasteiger partial charge in [0.2, 0.25) is 5.90 Å². The molecule has 0 atom stereocenters. The second kappa shape index (κ2) is 22.2. The average Bonchev–Trinajstić information content (AvgIpc) is 2.86. The van der Waals surface area contributed by atoms with Gasteiger partial charge in [-0.3, -0.25) is 0 Å². The maximum absolute atomic E-state index is 12.6. The number of alkyl halides is 3. The Hall–Kier alpha value is -3.07. The van der Waals surface area contributed by atoms with Crippen molar-refractivity contribution >= 4 is 36.8 Å². The fourth-order valence-corrected chi connectivity index (χ4v) is 2.49. The third-order valence-electron chi connectivity index (χ3n) is 3.90. The zero-order valence-electron chi connectivity index (χ0n) is 22.5. The molecule has 0 unspecified atom stereocenters. The molecule has 0 amide bonds. The molecule has 0 spiro atoms. The van der Waals surface area contributed by atoms with E-state index in [1.807, 2.05) is 41.3 Å². The number of benzene rings is 2. The van der Waals surface area contributed by atoms with E-state index in [2.05, 4.69) is 24.1 Å². The van der Waals surface area contributed by atoms with Gasteiger partial charge in [-0.1, -0.05) is 58.7 Å². The number of halogens is 5. The largest absolute Gasteiger partial charge is 0.442 e. The first-order valence-electron chi connectivity index (χ1n) is 11.3. The number of rotatable bonds is 4. The SMILES string of the molecule is C=O.C=O.CC(C)c1ccc(C(F)(F)F)cc1Cl.CC/C(C)=N/N=C(\C)Oc1ccc(F)cc1.CCC. The lowest BCUT2D eigenvalue weighted by Gasteiger charge is -2.11. The van der Waals surface area contributed by atoms with Crippen LogP contribution in [0.4, 0.5) is 17.6 Å². The number of hydrogen-bond acceptors (Lipinski definition) is 5. The summed E-state index contributed by atoms with van der Waals surface area (Å²) in [5.41, 5.74) is 0.966. The number of hydrogen-bond donors (Lipinski definition) is 0. The molecular formula is C27H37ClF4N2O3. The molecule has 2 rings (SSSR count). The van der Waals surface area contributed by atoms with Gasteiger partial charge in [0.25, 0.3) is 0 Å². The summed E-state index contributed by atoms with van der Waals surface area (Å²) in [4.78, 5) is 16.0. The molecule has 0 saturated heterocycles. The van der Waals surface area contributed by atoms with E-state index in [1.54, 1.807) is 19.1 Å². The lowest BCUT2D eigenvalue weighted by Crippen LogP contribution is -2.05. The third kappa shape index (κ3) is 18.8. The Kier molecular flexibility index (Phi) is 23.0. The first-order valence-corrected chi connectivity index (χ1v) is 11.7. The Labute approximate surface area is 222 Å². The molecule has 2 aromatic rings. The molecule has 5 nitrogen and oxygen atoms in total. The van der Waals surface area contributed by atoms with Crippen molar-refractivity contribution in [3.05, 3.63) is 64.4 Å². The molecule has 37 heavy (non-hydrogen) atoms. The molecule has 0 aliphatic rings. The first-order chi connectivity index (χ1) is 17.3. The zero-order chi connectivity index (χ0) is 29.6. The van der Waals surface area contributed by atoms with Crippen molar-refractivity contribution in [3.63, 3.8) is 0 Å². The Balaban J connectivity index is -0.000000505. The van der Waals surface area contributed by atoms with Crippen molar-refractivity contribution in [3.8, 4) is 5.75 Å². The summed E-state index contributed by atoms with van der Waals surface area (Å²) in [5.74, 6) is 0.818. The number of carbonyl (C=O) groups is 2. The van der Waals surface area contributed by atoms with Crippen LogP contribution < -0.4 is 4.74 Å². The van der Waals surface area contributed by atoms with Crippen LogP contribution in [0, 0.1) is 5.82 Å². The minimum absolute atomic E-state index is 0.129. The Morgan fingerprint density at radius 3 is 1.81 bits per heavy atom. The van der Waals surface area contributed by atoms with E-state index >= 15 is 0 Å². The van der Waals surface area contributed by atoms with E-state index in [0.29, 0.717) is 11.6 Å². The molecule has 208 valence electrons. The van der Waals surface area contributed by atoms with E-state index in [9.17, 15) is 17.6 Å². The first kappa shape index (κ1) is 38.5. The molecule has 0 saturated carbocycles. The Morgan fingerprint density at radius 1 is 0.946 bits per heavy atom. The van der Waals surface area contributed by atoms with E-state index in [0.717, 1.165) is 29.8 Å². The van der Waals surface area contributed by atoms with Crippen molar-refractivity contribution in [2.75, 3.05) is 0 Å². The number of carbonyl (C=O) groups excluding carboxylic acids is 2. The lowest BCUT2D eigenvalue weighted by atomic mass is 10.0. The molecule has 2 aromatic carbocycles. The van der Waals surface area contributed by atoms with Gasteiger partial charge in [0.1, 0.15) is 25.1 Å². The fraction of sp³-hybridized carbons (Fsp3) is 0.407. The average molecular weight is 549 g/mol. The van der Waals surface area contributed by atoms with Crippen LogP contribution in [0.5, 0.6) is 5.75 Å². The van der Waals surface area contributed by atoms with Gasteiger partial charge >= 0.3 is 6.18 Å². The van der Waals surface area contributed by atoms with Gasteiger partial charge in [0.15, 0.2) is 0 Å². The highest BCUT2D eigenvalue weighted by molar-refractivity contribution is 6.31. The summed E-state index contributed by atoms with van der Waals surface area (Å²) >= 11 is 5.73. The molecule has 0 radical (unpaired) electrons. The van der Waals surface area contributed by atoms with Crippen LogP contribution in [0.2, 0.25) is 5.02 Å². The molecule has 0 bridgehead atoms.